The molecule has 0 unspecified atom stereocenters. The van der Waals surface area contributed by atoms with E-state index in [0.717, 1.165) is 40.1 Å². The Morgan fingerprint density at radius 3 is 2.14 bits per heavy atom. The first-order valence-corrected chi connectivity index (χ1v) is 9.19. The molecule has 1 aromatic rings. The molecular formula is C18H23ClN2S. The van der Waals surface area contributed by atoms with Gasteiger partial charge in [0.15, 0.2) is 5.11 Å². The summed E-state index contributed by atoms with van der Waals surface area (Å²) in [5.41, 5.74) is 1.51. The number of benzene rings is 1. The second kappa shape index (κ2) is 5.68. The van der Waals surface area contributed by atoms with Crippen LogP contribution in [0.4, 0.5) is 5.69 Å². The summed E-state index contributed by atoms with van der Waals surface area (Å²) in [4.78, 5) is 0. The van der Waals surface area contributed by atoms with E-state index in [2.05, 4.69) is 10.6 Å². The van der Waals surface area contributed by atoms with Gasteiger partial charge in [0, 0.05) is 17.3 Å². The molecule has 0 radical (unpaired) electrons. The zero-order valence-electron chi connectivity index (χ0n) is 12.8. The van der Waals surface area contributed by atoms with Gasteiger partial charge in [-0.2, -0.15) is 0 Å². The standard InChI is InChI=1S/C18H23ClN2S/c19-15-1-3-16(4-2-15)21-17(22)20-11-18-8-12-5-13(9-18)7-14(6-12)10-18/h1-4,12-14H,5-11H2,(H2,20,21,22). The number of nitrogens with one attached hydrogen (secondary N) is 2. The number of rotatable bonds is 3. The number of halogens is 1. The molecule has 0 atom stereocenters. The Labute approximate surface area is 143 Å². The Bertz CT molecular complexity index is 534. The van der Waals surface area contributed by atoms with Gasteiger partial charge in [-0.3, -0.25) is 0 Å². The lowest BCUT2D eigenvalue weighted by Gasteiger charge is -2.57. The normalized spacial score (nSPS) is 35.4. The van der Waals surface area contributed by atoms with Crippen molar-refractivity contribution in [2.45, 2.75) is 38.5 Å². The molecular weight excluding hydrogens is 312 g/mol. The molecule has 118 valence electrons. The Kier molecular flexibility index (Phi) is 3.82. The highest BCUT2D eigenvalue weighted by Crippen LogP contribution is 2.59. The van der Waals surface area contributed by atoms with Crippen LogP contribution in [0.1, 0.15) is 38.5 Å². The molecule has 0 aliphatic heterocycles. The maximum absolute atomic E-state index is 5.91. The molecule has 4 saturated carbocycles. The quantitative estimate of drug-likeness (QED) is 0.773. The first kappa shape index (κ1) is 14.8. The Morgan fingerprint density at radius 1 is 1.05 bits per heavy atom. The van der Waals surface area contributed by atoms with Crippen LogP contribution < -0.4 is 10.6 Å². The molecule has 22 heavy (non-hydrogen) atoms. The topological polar surface area (TPSA) is 24.1 Å². The molecule has 0 heterocycles. The maximum Gasteiger partial charge on any atom is 0.170 e. The molecule has 2 N–H and O–H groups in total. The first-order chi connectivity index (χ1) is 10.6. The van der Waals surface area contributed by atoms with E-state index < -0.39 is 0 Å². The number of thiocarbonyl (C=S) groups is 1. The fourth-order valence-electron chi connectivity index (χ4n) is 5.48. The molecule has 4 aliphatic rings. The van der Waals surface area contributed by atoms with Gasteiger partial charge in [-0.1, -0.05) is 11.6 Å². The predicted octanol–water partition coefficient (Wildman–Crippen LogP) is 4.84. The monoisotopic (exact) mass is 334 g/mol. The molecule has 0 saturated heterocycles. The van der Waals surface area contributed by atoms with Crippen LogP contribution in [0, 0.1) is 23.2 Å². The molecule has 4 aliphatic carbocycles. The van der Waals surface area contributed by atoms with Gasteiger partial charge in [-0.15, -0.1) is 0 Å². The number of hydrogen-bond donors (Lipinski definition) is 2. The number of anilines is 1. The van der Waals surface area contributed by atoms with Crippen LogP contribution in [0.5, 0.6) is 0 Å². The summed E-state index contributed by atoms with van der Waals surface area (Å²) >= 11 is 11.4. The second-order valence-electron chi connectivity index (χ2n) is 7.73. The van der Waals surface area contributed by atoms with Crippen LogP contribution in [0.15, 0.2) is 24.3 Å². The summed E-state index contributed by atoms with van der Waals surface area (Å²) < 4.78 is 0. The van der Waals surface area contributed by atoms with E-state index in [-0.39, 0.29) is 0 Å². The van der Waals surface area contributed by atoms with Crippen LogP contribution in [-0.2, 0) is 0 Å². The van der Waals surface area contributed by atoms with Crippen molar-refractivity contribution in [3.8, 4) is 0 Å². The van der Waals surface area contributed by atoms with Gasteiger partial charge >= 0.3 is 0 Å². The summed E-state index contributed by atoms with van der Waals surface area (Å²) in [5, 5.41) is 8.24. The van der Waals surface area contributed by atoms with Crippen molar-refractivity contribution in [3.05, 3.63) is 29.3 Å². The second-order valence-corrected chi connectivity index (χ2v) is 8.58. The van der Waals surface area contributed by atoms with E-state index in [9.17, 15) is 0 Å². The van der Waals surface area contributed by atoms with Gasteiger partial charge in [-0.05, 0) is 98.2 Å². The third-order valence-corrected chi connectivity index (χ3v) is 6.39. The van der Waals surface area contributed by atoms with Crippen molar-refractivity contribution >= 4 is 34.6 Å². The van der Waals surface area contributed by atoms with E-state index in [1.165, 1.54) is 38.5 Å². The lowest BCUT2D eigenvalue weighted by atomic mass is 9.49. The fraction of sp³-hybridized carbons (Fsp3) is 0.611. The van der Waals surface area contributed by atoms with E-state index in [4.69, 9.17) is 23.8 Å². The highest BCUT2D eigenvalue weighted by atomic mass is 35.5. The molecule has 5 rings (SSSR count). The van der Waals surface area contributed by atoms with Crippen molar-refractivity contribution in [1.29, 1.82) is 0 Å². The van der Waals surface area contributed by atoms with Crippen LogP contribution in [0.2, 0.25) is 5.02 Å². The zero-order valence-corrected chi connectivity index (χ0v) is 14.3. The molecule has 4 fully saturated rings. The minimum Gasteiger partial charge on any atom is -0.362 e. The summed E-state index contributed by atoms with van der Waals surface area (Å²) in [7, 11) is 0. The predicted molar refractivity (Wildman–Crippen MR) is 96.3 cm³/mol. The Hall–Kier alpha value is -0.800. The summed E-state index contributed by atoms with van der Waals surface area (Å²) in [6, 6.07) is 7.68. The van der Waals surface area contributed by atoms with Crippen molar-refractivity contribution < 1.29 is 0 Å². The van der Waals surface area contributed by atoms with E-state index >= 15 is 0 Å². The largest absolute Gasteiger partial charge is 0.362 e. The van der Waals surface area contributed by atoms with Gasteiger partial charge in [0.05, 0.1) is 0 Å². The highest BCUT2D eigenvalue weighted by Gasteiger charge is 2.50. The molecule has 1 aromatic carbocycles. The minimum absolute atomic E-state index is 0.514. The molecule has 0 aromatic heterocycles. The van der Waals surface area contributed by atoms with Gasteiger partial charge in [0.1, 0.15) is 0 Å². The summed E-state index contributed by atoms with van der Waals surface area (Å²) in [5.74, 6) is 2.97. The Morgan fingerprint density at radius 2 is 1.59 bits per heavy atom. The van der Waals surface area contributed by atoms with Crippen molar-refractivity contribution in [1.82, 2.24) is 5.32 Å². The highest BCUT2D eigenvalue weighted by molar-refractivity contribution is 7.80. The lowest BCUT2D eigenvalue weighted by Crippen LogP contribution is -2.51. The van der Waals surface area contributed by atoms with Crippen molar-refractivity contribution in [3.63, 3.8) is 0 Å². The Balaban J connectivity index is 1.34. The SMILES string of the molecule is S=C(NCC12CC3CC(CC(C3)C1)C2)Nc1ccc(Cl)cc1. The summed E-state index contributed by atoms with van der Waals surface area (Å²) in [6.07, 6.45) is 8.72. The maximum atomic E-state index is 5.91. The van der Waals surface area contributed by atoms with Gasteiger partial charge in [0.2, 0.25) is 0 Å². The fourth-order valence-corrected chi connectivity index (χ4v) is 5.80. The summed E-state index contributed by atoms with van der Waals surface area (Å²) in [6.45, 7) is 1.04. The van der Waals surface area contributed by atoms with Crippen LogP contribution in [-0.4, -0.2) is 11.7 Å². The van der Waals surface area contributed by atoms with E-state index in [1.54, 1.807) is 0 Å². The first-order valence-electron chi connectivity index (χ1n) is 8.41. The van der Waals surface area contributed by atoms with Crippen molar-refractivity contribution in [2.75, 3.05) is 11.9 Å². The van der Waals surface area contributed by atoms with Crippen LogP contribution in [0.3, 0.4) is 0 Å². The average molecular weight is 335 g/mol. The molecule has 4 heteroatoms. The van der Waals surface area contributed by atoms with Crippen molar-refractivity contribution in [2.24, 2.45) is 23.2 Å². The smallest absolute Gasteiger partial charge is 0.170 e. The van der Waals surface area contributed by atoms with Crippen LogP contribution in [0.25, 0.3) is 0 Å². The minimum atomic E-state index is 0.514. The third kappa shape index (κ3) is 2.98. The number of hydrogen-bond acceptors (Lipinski definition) is 1. The lowest BCUT2D eigenvalue weighted by molar-refractivity contribution is -0.0490. The van der Waals surface area contributed by atoms with E-state index in [0.29, 0.717) is 5.41 Å². The van der Waals surface area contributed by atoms with E-state index in [1.807, 2.05) is 24.3 Å². The van der Waals surface area contributed by atoms with Gasteiger partial charge in [-0.25, -0.2) is 0 Å². The molecule has 4 bridgehead atoms. The molecule has 2 nitrogen and oxygen atoms in total. The zero-order chi connectivity index (χ0) is 15.2. The van der Waals surface area contributed by atoms with Gasteiger partial charge < -0.3 is 10.6 Å². The average Bonchev–Trinajstić information content (AvgIpc) is 2.46. The molecule has 0 spiro atoms. The third-order valence-electron chi connectivity index (χ3n) is 5.89. The molecule has 0 amide bonds. The van der Waals surface area contributed by atoms with Crippen LogP contribution >= 0.6 is 23.8 Å². The van der Waals surface area contributed by atoms with Gasteiger partial charge in [0.25, 0.3) is 0 Å².